The molecule has 0 amide bonds. The summed E-state index contributed by atoms with van der Waals surface area (Å²) in [4.78, 5) is 9.38. The van der Waals surface area contributed by atoms with E-state index in [1.165, 1.54) is 0 Å². The highest BCUT2D eigenvalue weighted by molar-refractivity contribution is 9.10. The first-order valence-electron chi connectivity index (χ1n) is 8.17. The zero-order valence-electron chi connectivity index (χ0n) is 14.1. The van der Waals surface area contributed by atoms with Gasteiger partial charge in [-0.25, -0.2) is 14.5 Å². The summed E-state index contributed by atoms with van der Waals surface area (Å²) in [6.07, 6.45) is 3.32. The van der Waals surface area contributed by atoms with Crippen LogP contribution in [0.1, 0.15) is 11.3 Å². The van der Waals surface area contributed by atoms with Gasteiger partial charge in [0.2, 0.25) is 5.82 Å². The van der Waals surface area contributed by atoms with E-state index in [1.807, 2.05) is 30.3 Å². The lowest BCUT2D eigenvalue weighted by Crippen LogP contribution is -2.00. The summed E-state index contributed by atoms with van der Waals surface area (Å²) in [5.41, 5.74) is 4.93. The van der Waals surface area contributed by atoms with Gasteiger partial charge >= 0.3 is 0 Å². The minimum absolute atomic E-state index is 0.551. The average molecular weight is 408 g/mol. The molecule has 0 unspecified atom stereocenters. The molecule has 0 aliphatic rings. The third-order valence-electron chi connectivity index (χ3n) is 4.67. The summed E-state index contributed by atoms with van der Waals surface area (Å²) in [5, 5.41) is 5.50. The van der Waals surface area contributed by atoms with E-state index in [-0.39, 0.29) is 0 Å². The molecule has 0 aliphatic heterocycles. The van der Waals surface area contributed by atoms with Crippen LogP contribution in [0, 0.1) is 13.8 Å². The number of rotatable bonds is 2. The summed E-state index contributed by atoms with van der Waals surface area (Å²) in [6.45, 7) is 4.19. The standard InChI is InChI=1S/C19H14BrN5O/c1-11-12(2)25(14-7-4-3-6-13(14)20)18-16(11)19-22-17(15-8-5-9-26-15)23-24(19)10-21-18/h3-10H,1-2H3. The van der Waals surface area contributed by atoms with Crippen molar-refractivity contribution >= 4 is 32.6 Å². The van der Waals surface area contributed by atoms with Crippen LogP contribution in [0.5, 0.6) is 0 Å². The zero-order valence-corrected chi connectivity index (χ0v) is 15.7. The van der Waals surface area contributed by atoms with Gasteiger partial charge in [0.15, 0.2) is 17.1 Å². The van der Waals surface area contributed by atoms with Crippen LogP contribution in [0.15, 0.2) is 57.9 Å². The number of benzene rings is 1. The van der Waals surface area contributed by atoms with Crippen LogP contribution in [0.3, 0.4) is 0 Å². The number of aryl methyl sites for hydroxylation is 1. The van der Waals surface area contributed by atoms with E-state index in [4.69, 9.17) is 9.40 Å². The fourth-order valence-electron chi connectivity index (χ4n) is 3.30. The second-order valence-corrected chi connectivity index (χ2v) is 6.98. The monoisotopic (exact) mass is 407 g/mol. The SMILES string of the molecule is Cc1c(C)n(-c2ccccc2Br)c2ncn3nc(-c4ccco4)nc3c12. The van der Waals surface area contributed by atoms with Gasteiger partial charge in [0.25, 0.3) is 0 Å². The lowest BCUT2D eigenvalue weighted by atomic mass is 10.2. The number of halogens is 1. The summed E-state index contributed by atoms with van der Waals surface area (Å²) < 4.78 is 10.3. The lowest BCUT2D eigenvalue weighted by molar-refractivity contribution is 0.577. The fraction of sp³-hybridized carbons (Fsp3) is 0.105. The van der Waals surface area contributed by atoms with E-state index >= 15 is 0 Å². The number of nitrogens with zero attached hydrogens (tertiary/aromatic N) is 5. The number of furan rings is 1. The van der Waals surface area contributed by atoms with Gasteiger partial charge in [0, 0.05) is 10.2 Å². The van der Waals surface area contributed by atoms with E-state index in [1.54, 1.807) is 17.1 Å². The number of fused-ring (bicyclic) bond motifs is 3. The van der Waals surface area contributed by atoms with E-state index in [9.17, 15) is 0 Å². The van der Waals surface area contributed by atoms with E-state index in [0.29, 0.717) is 11.6 Å². The zero-order chi connectivity index (χ0) is 17.8. The van der Waals surface area contributed by atoms with Crippen molar-refractivity contribution in [2.75, 3.05) is 0 Å². The smallest absolute Gasteiger partial charge is 0.217 e. The molecule has 4 heterocycles. The van der Waals surface area contributed by atoms with E-state index in [2.05, 4.69) is 50.5 Å². The molecule has 1 aromatic carbocycles. The Morgan fingerprint density at radius 3 is 2.65 bits per heavy atom. The van der Waals surface area contributed by atoms with Crippen molar-refractivity contribution in [3.05, 3.63) is 64.7 Å². The predicted octanol–water partition coefficient (Wildman–Crippen LogP) is 4.71. The topological polar surface area (TPSA) is 61.2 Å². The van der Waals surface area contributed by atoms with Crippen molar-refractivity contribution in [3.8, 4) is 17.3 Å². The Kier molecular flexibility index (Phi) is 3.27. The highest BCUT2D eigenvalue weighted by atomic mass is 79.9. The third-order valence-corrected chi connectivity index (χ3v) is 5.34. The molecule has 128 valence electrons. The first kappa shape index (κ1) is 15.3. The molecule has 0 N–H and O–H groups in total. The minimum Gasteiger partial charge on any atom is -0.461 e. The third kappa shape index (κ3) is 2.07. The quantitative estimate of drug-likeness (QED) is 0.425. The molecule has 0 bridgehead atoms. The van der Waals surface area contributed by atoms with Gasteiger partial charge < -0.3 is 4.42 Å². The molecule has 0 saturated carbocycles. The van der Waals surface area contributed by atoms with Crippen molar-refractivity contribution in [3.63, 3.8) is 0 Å². The maximum atomic E-state index is 5.44. The molecule has 5 aromatic rings. The van der Waals surface area contributed by atoms with Crippen molar-refractivity contribution < 1.29 is 4.42 Å². The van der Waals surface area contributed by atoms with Crippen LogP contribution in [-0.2, 0) is 0 Å². The molecule has 5 rings (SSSR count). The Balaban J connectivity index is 1.86. The normalized spacial score (nSPS) is 11.7. The maximum absolute atomic E-state index is 5.44. The van der Waals surface area contributed by atoms with Crippen LogP contribution in [0.2, 0.25) is 0 Å². The van der Waals surface area contributed by atoms with Crippen molar-refractivity contribution in [1.29, 1.82) is 0 Å². The highest BCUT2D eigenvalue weighted by Gasteiger charge is 2.20. The van der Waals surface area contributed by atoms with Crippen LogP contribution in [0.25, 0.3) is 34.0 Å². The van der Waals surface area contributed by atoms with Gasteiger partial charge in [0.05, 0.1) is 17.3 Å². The van der Waals surface area contributed by atoms with Crippen LogP contribution >= 0.6 is 15.9 Å². The molecule has 26 heavy (non-hydrogen) atoms. The molecule has 0 spiro atoms. The lowest BCUT2D eigenvalue weighted by Gasteiger charge is -2.09. The second kappa shape index (κ2) is 5.54. The Morgan fingerprint density at radius 2 is 1.88 bits per heavy atom. The Bertz CT molecular complexity index is 1270. The van der Waals surface area contributed by atoms with Gasteiger partial charge in [0.1, 0.15) is 6.33 Å². The Morgan fingerprint density at radius 1 is 1.04 bits per heavy atom. The average Bonchev–Trinajstić information content (AvgIpc) is 3.35. The Labute approximate surface area is 157 Å². The van der Waals surface area contributed by atoms with Crippen molar-refractivity contribution in [1.82, 2.24) is 24.1 Å². The molecule has 0 atom stereocenters. The molecule has 0 fully saturated rings. The van der Waals surface area contributed by atoms with Gasteiger partial charge in [-0.1, -0.05) is 12.1 Å². The number of hydrogen-bond acceptors (Lipinski definition) is 4. The summed E-state index contributed by atoms with van der Waals surface area (Å²) in [6, 6.07) is 11.8. The summed E-state index contributed by atoms with van der Waals surface area (Å²) in [7, 11) is 0. The largest absolute Gasteiger partial charge is 0.461 e. The van der Waals surface area contributed by atoms with Crippen LogP contribution in [0.4, 0.5) is 0 Å². The van der Waals surface area contributed by atoms with Crippen LogP contribution in [-0.4, -0.2) is 24.1 Å². The van der Waals surface area contributed by atoms with Gasteiger partial charge in [-0.05, 0) is 59.6 Å². The van der Waals surface area contributed by atoms with Crippen LogP contribution < -0.4 is 0 Å². The van der Waals surface area contributed by atoms with Gasteiger partial charge in [-0.3, -0.25) is 4.57 Å². The molecular formula is C19H14BrN5O. The molecular weight excluding hydrogens is 394 g/mol. The second-order valence-electron chi connectivity index (χ2n) is 6.12. The van der Waals surface area contributed by atoms with Crippen molar-refractivity contribution in [2.24, 2.45) is 0 Å². The molecule has 6 nitrogen and oxygen atoms in total. The molecule has 4 aromatic heterocycles. The first-order chi connectivity index (χ1) is 12.6. The number of aromatic nitrogens is 5. The van der Waals surface area contributed by atoms with Gasteiger partial charge in [-0.2, -0.15) is 0 Å². The number of hydrogen-bond donors (Lipinski definition) is 0. The highest BCUT2D eigenvalue weighted by Crippen LogP contribution is 2.33. The first-order valence-corrected chi connectivity index (χ1v) is 8.96. The number of para-hydroxylation sites is 1. The molecule has 0 radical (unpaired) electrons. The van der Waals surface area contributed by atoms with Crippen molar-refractivity contribution in [2.45, 2.75) is 13.8 Å². The molecule has 7 heteroatoms. The maximum Gasteiger partial charge on any atom is 0.217 e. The molecule has 0 saturated heterocycles. The summed E-state index contributed by atoms with van der Waals surface area (Å²) >= 11 is 3.65. The summed E-state index contributed by atoms with van der Waals surface area (Å²) in [5.74, 6) is 1.19. The predicted molar refractivity (Wildman–Crippen MR) is 102 cm³/mol. The minimum atomic E-state index is 0.551. The van der Waals surface area contributed by atoms with E-state index in [0.717, 1.165) is 38.1 Å². The molecule has 0 aliphatic carbocycles. The Hall–Kier alpha value is -2.93. The fourth-order valence-corrected chi connectivity index (χ4v) is 3.76. The van der Waals surface area contributed by atoms with Gasteiger partial charge in [-0.15, -0.1) is 5.10 Å². The van der Waals surface area contributed by atoms with E-state index < -0.39 is 0 Å².